The smallest absolute Gasteiger partial charge is 0.408 e. The van der Waals surface area contributed by atoms with Gasteiger partial charge < -0.3 is 20.5 Å². The zero-order valence-corrected chi connectivity index (χ0v) is 16.1. The van der Waals surface area contributed by atoms with Gasteiger partial charge in [0.1, 0.15) is 17.7 Å². The molecular formula is C18H26N2O5S. The highest BCUT2D eigenvalue weighted by molar-refractivity contribution is 7.80. The molecule has 0 heterocycles. The lowest BCUT2D eigenvalue weighted by molar-refractivity contribution is -0.142. The second-order valence-electron chi connectivity index (χ2n) is 6.80. The molecule has 0 fully saturated rings. The Kier molecular flexibility index (Phi) is 8.44. The summed E-state index contributed by atoms with van der Waals surface area (Å²) in [4.78, 5) is 35.9. The molecule has 0 saturated heterocycles. The van der Waals surface area contributed by atoms with Crippen LogP contribution >= 0.6 is 12.6 Å². The number of carbonyl (C=O) groups excluding carboxylic acids is 2. The van der Waals surface area contributed by atoms with Crippen molar-refractivity contribution in [2.24, 2.45) is 0 Å². The van der Waals surface area contributed by atoms with Crippen LogP contribution in [0.3, 0.4) is 0 Å². The van der Waals surface area contributed by atoms with Crippen molar-refractivity contribution in [2.75, 3.05) is 5.75 Å². The van der Waals surface area contributed by atoms with Crippen molar-refractivity contribution in [3.63, 3.8) is 0 Å². The van der Waals surface area contributed by atoms with Crippen molar-refractivity contribution in [1.29, 1.82) is 0 Å². The highest BCUT2D eigenvalue weighted by Crippen LogP contribution is 2.09. The zero-order valence-electron chi connectivity index (χ0n) is 15.2. The average molecular weight is 382 g/mol. The van der Waals surface area contributed by atoms with E-state index in [2.05, 4.69) is 23.3 Å². The molecule has 8 heteroatoms. The van der Waals surface area contributed by atoms with E-state index in [9.17, 15) is 19.5 Å². The maximum atomic E-state index is 12.6. The van der Waals surface area contributed by atoms with Gasteiger partial charge in [-0.15, -0.1) is 0 Å². The first kappa shape index (κ1) is 21.8. The number of benzene rings is 1. The minimum absolute atomic E-state index is 0.175. The van der Waals surface area contributed by atoms with Crippen LogP contribution < -0.4 is 10.6 Å². The molecule has 0 aliphatic carbocycles. The highest BCUT2D eigenvalue weighted by Gasteiger charge is 2.28. The highest BCUT2D eigenvalue weighted by atomic mass is 32.1. The number of amides is 2. The Morgan fingerprint density at radius 2 is 1.73 bits per heavy atom. The zero-order chi connectivity index (χ0) is 19.7. The number of alkyl carbamates (subject to hydrolysis) is 1. The van der Waals surface area contributed by atoms with Crippen LogP contribution in [0.4, 0.5) is 4.79 Å². The third-order valence-corrected chi connectivity index (χ3v) is 3.58. The van der Waals surface area contributed by atoms with Crippen LogP contribution in [0.15, 0.2) is 30.3 Å². The topological polar surface area (TPSA) is 105 Å². The summed E-state index contributed by atoms with van der Waals surface area (Å²) in [6.45, 7) is 5.14. The molecule has 0 saturated carbocycles. The molecule has 3 N–H and O–H groups in total. The molecule has 0 radical (unpaired) electrons. The summed E-state index contributed by atoms with van der Waals surface area (Å²) in [6, 6.07) is 7.08. The van der Waals surface area contributed by atoms with Gasteiger partial charge in [0.15, 0.2) is 0 Å². The third-order valence-electron chi connectivity index (χ3n) is 3.32. The molecule has 26 heavy (non-hydrogen) atoms. The summed E-state index contributed by atoms with van der Waals surface area (Å²) in [5, 5.41) is 14.2. The first-order chi connectivity index (χ1) is 12.1. The Bertz CT molecular complexity index is 616. The first-order valence-corrected chi connectivity index (χ1v) is 8.93. The van der Waals surface area contributed by atoms with E-state index in [4.69, 9.17) is 4.74 Å². The lowest BCUT2D eigenvalue weighted by atomic mass is 10.0. The van der Waals surface area contributed by atoms with Gasteiger partial charge in [0.05, 0.1) is 0 Å². The van der Waals surface area contributed by atoms with Crippen molar-refractivity contribution < 1.29 is 24.2 Å². The normalized spacial score (nSPS) is 13.4. The van der Waals surface area contributed by atoms with Gasteiger partial charge in [-0.25, -0.2) is 9.59 Å². The van der Waals surface area contributed by atoms with Crippen molar-refractivity contribution in [3.8, 4) is 0 Å². The summed E-state index contributed by atoms with van der Waals surface area (Å²) in [6.07, 6.45) is -0.358. The number of nitrogens with one attached hydrogen (secondary N) is 2. The third kappa shape index (κ3) is 8.24. The van der Waals surface area contributed by atoms with Crippen LogP contribution in [-0.2, 0) is 20.7 Å². The summed E-state index contributed by atoms with van der Waals surface area (Å²) in [5.41, 5.74) is 0.109. The predicted molar refractivity (Wildman–Crippen MR) is 101 cm³/mol. The van der Waals surface area contributed by atoms with Gasteiger partial charge in [0, 0.05) is 6.42 Å². The van der Waals surface area contributed by atoms with Crippen molar-refractivity contribution in [2.45, 2.75) is 51.3 Å². The van der Waals surface area contributed by atoms with Gasteiger partial charge in [0.25, 0.3) is 0 Å². The van der Waals surface area contributed by atoms with Crippen LogP contribution in [0.25, 0.3) is 0 Å². The fraction of sp³-hybridized carbons (Fsp3) is 0.500. The van der Waals surface area contributed by atoms with E-state index in [0.29, 0.717) is 5.75 Å². The van der Waals surface area contributed by atoms with Crippen molar-refractivity contribution >= 4 is 30.6 Å². The minimum Gasteiger partial charge on any atom is -0.480 e. The summed E-state index contributed by atoms with van der Waals surface area (Å²) >= 11 is 4.01. The average Bonchev–Trinajstić information content (AvgIpc) is 2.52. The molecule has 144 valence electrons. The number of ether oxygens (including phenoxy) is 1. The van der Waals surface area contributed by atoms with Crippen molar-refractivity contribution in [3.05, 3.63) is 35.9 Å². The lowest BCUT2D eigenvalue weighted by Crippen LogP contribution is -2.53. The monoisotopic (exact) mass is 382 g/mol. The molecule has 0 bridgehead atoms. The molecule has 0 aliphatic rings. The quantitative estimate of drug-likeness (QED) is 0.515. The second kappa shape index (κ2) is 10.1. The standard InChI is InChI=1S/C18H26N2O5S/c1-18(2,3)25-17(24)20-14(11-12-7-5-4-6-8-12)15(21)19-13(9-10-26)16(22)23/h4-8,13-14,26H,9-11H2,1-3H3,(H,19,21)(H,20,24)(H,22,23)/t13?,14-/m0/s1. The Morgan fingerprint density at radius 3 is 2.23 bits per heavy atom. The second-order valence-corrected chi connectivity index (χ2v) is 7.25. The maximum absolute atomic E-state index is 12.6. The van der Waals surface area contributed by atoms with Crippen LogP contribution in [-0.4, -0.2) is 46.5 Å². The van der Waals surface area contributed by atoms with Gasteiger partial charge in [-0.05, 0) is 38.5 Å². The first-order valence-electron chi connectivity index (χ1n) is 8.30. The number of carboxylic acid groups (broad SMARTS) is 1. The molecule has 1 aromatic carbocycles. The Balaban J connectivity index is 2.89. The predicted octanol–water partition coefficient (Wildman–Crippen LogP) is 2.01. The van der Waals surface area contributed by atoms with Crippen LogP contribution in [0.5, 0.6) is 0 Å². The van der Waals surface area contributed by atoms with Crippen molar-refractivity contribution in [1.82, 2.24) is 10.6 Å². The van der Waals surface area contributed by atoms with E-state index in [1.54, 1.807) is 20.8 Å². The fourth-order valence-electron chi connectivity index (χ4n) is 2.17. The maximum Gasteiger partial charge on any atom is 0.408 e. The Labute approximate surface area is 158 Å². The number of carboxylic acids is 1. The van der Waals surface area contributed by atoms with E-state index in [1.165, 1.54) is 0 Å². The fourth-order valence-corrected chi connectivity index (χ4v) is 2.43. The van der Waals surface area contributed by atoms with E-state index >= 15 is 0 Å². The largest absolute Gasteiger partial charge is 0.480 e. The molecule has 1 unspecified atom stereocenters. The Hall–Kier alpha value is -2.22. The van der Waals surface area contributed by atoms with Gasteiger partial charge in [-0.3, -0.25) is 4.79 Å². The van der Waals surface area contributed by atoms with Gasteiger partial charge in [0.2, 0.25) is 5.91 Å². The number of rotatable bonds is 8. The summed E-state index contributed by atoms with van der Waals surface area (Å²) in [7, 11) is 0. The van der Waals surface area contributed by atoms with Gasteiger partial charge >= 0.3 is 12.1 Å². The number of hydrogen-bond donors (Lipinski definition) is 4. The lowest BCUT2D eigenvalue weighted by Gasteiger charge is -2.24. The minimum atomic E-state index is -1.15. The number of carbonyl (C=O) groups is 3. The SMILES string of the molecule is CC(C)(C)OC(=O)N[C@@H](Cc1ccccc1)C(=O)NC(CCS)C(=O)O. The van der Waals surface area contributed by atoms with Crippen LogP contribution in [0.1, 0.15) is 32.8 Å². The van der Waals surface area contributed by atoms with E-state index in [-0.39, 0.29) is 12.8 Å². The molecule has 2 amide bonds. The molecule has 0 aromatic heterocycles. The molecule has 7 nitrogen and oxygen atoms in total. The van der Waals surface area contributed by atoms with Gasteiger partial charge in [-0.2, -0.15) is 12.6 Å². The number of thiol groups is 1. The van der Waals surface area contributed by atoms with E-state index < -0.39 is 35.7 Å². The van der Waals surface area contributed by atoms with Crippen LogP contribution in [0.2, 0.25) is 0 Å². The van der Waals surface area contributed by atoms with E-state index in [0.717, 1.165) is 5.56 Å². The number of hydrogen-bond acceptors (Lipinski definition) is 5. The Morgan fingerprint density at radius 1 is 1.12 bits per heavy atom. The molecule has 1 rings (SSSR count). The number of aliphatic carboxylic acids is 1. The molecule has 0 spiro atoms. The van der Waals surface area contributed by atoms with Gasteiger partial charge in [-0.1, -0.05) is 30.3 Å². The molecular weight excluding hydrogens is 356 g/mol. The van der Waals surface area contributed by atoms with Crippen LogP contribution in [0, 0.1) is 0 Å². The molecule has 2 atom stereocenters. The summed E-state index contributed by atoms with van der Waals surface area (Å²) < 4.78 is 5.20. The molecule has 1 aromatic rings. The van der Waals surface area contributed by atoms with E-state index in [1.807, 2.05) is 30.3 Å². The summed E-state index contributed by atoms with van der Waals surface area (Å²) in [5.74, 6) is -1.43. The molecule has 0 aliphatic heterocycles.